The van der Waals surface area contributed by atoms with E-state index in [9.17, 15) is 9.59 Å². The first-order valence-electron chi connectivity index (χ1n) is 4.68. The monoisotopic (exact) mass is 202 g/mol. The Labute approximate surface area is 83.7 Å². The Morgan fingerprint density at radius 2 is 1.93 bits per heavy atom. The summed E-state index contributed by atoms with van der Waals surface area (Å²) in [5, 5.41) is 11.1. The van der Waals surface area contributed by atoms with Crippen molar-refractivity contribution in [1.82, 2.24) is 5.32 Å². The lowest BCUT2D eigenvalue weighted by Crippen LogP contribution is -2.50. The molecule has 1 amide bonds. The van der Waals surface area contributed by atoms with Crippen LogP contribution in [0.3, 0.4) is 0 Å². The van der Waals surface area contributed by atoms with Crippen molar-refractivity contribution in [2.75, 3.05) is 0 Å². The summed E-state index contributed by atoms with van der Waals surface area (Å²) >= 11 is 0. The van der Waals surface area contributed by atoms with Gasteiger partial charge in [-0.3, -0.25) is 4.79 Å². The maximum atomic E-state index is 11.4. The van der Waals surface area contributed by atoms with Crippen LogP contribution < -0.4 is 11.1 Å². The topological polar surface area (TPSA) is 92.4 Å². The number of nitrogens with one attached hydrogen (secondary N) is 1. The number of hydrogen-bond donors (Lipinski definition) is 3. The summed E-state index contributed by atoms with van der Waals surface area (Å²) in [6.07, 6.45) is 0.353. The molecule has 0 bridgehead atoms. The molecule has 0 saturated carbocycles. The smallest absolute Gasteiger partial charge is 0.326 e. The van der Waals surface area contributed by atoms with Gasteiger partial charge in [0.1, 0.15) is 6.04 Å². The summed E-state index contributed by atoms with van der Waals surface area (Å²) < 4.78 is 0. The number of nitrogens with two attached hydrogens (primary N) is 1. The molecular formula is C9H18N2O3. The number of hydrogen-bond acceptors (Lipinski definition) is 3. The molecule has 82 valence electrons. The summed E-state index contributed by atoms with van der Waals surface area (Å²) in [5.74, 6) is -1.44. The van der Waals surface area contributed by atoms with Crippen molar-refractivity contribution in [1.29, 1.82) is 0 Å². The van der Waals surface area contributed by atoms with Crippen LogP contribution in [0.1, 0.15) is 27.2 Å². The second-order valence-corrected chi connectivity index (χ2v) is 3.58. The van der Waals surface area contributed by atoms with Gasteiger partial charge in [-0.1, -0.05) is 20.8 Å². The lowest BCUT2D eigenvalue weighted by atomic mass is 10.0. The van der Waals surface area contributed by atoms with Gasteiger partial charge < -0.3 is 16.2 Å². The highest BCUT2D eigenvalue weighted by Crippen LogP contribution is 1.99. The van der Waals surface area contributed by atoms with Crippen molar-refractivity contribution in [3.8, 4) is 0 Å². The van der Waals surface area contributed by atoms with Gasteiger partial charge in [0.15, 0.2) is 0 Å². The van der Waals surface area contributed by atoms with E-state index in [0.717, 1.165) is 0 Å². The predicted octanol–water partition coefficient (Wildman–Crippen LogP) is -0.0509. The number of carbonyl (C=O) groups excluding carboxylic acids is 1. The zero-order chi connectivity index (χ0) is 11.3. The molecule has 5 heteroatoms. The standard InChI is InChI=1S/C9H18N2O3/c1-4-6(9(13)14)11-8(12)7(10)5(2)3/h5-7H,4,10H2,1-3H3,(H,11,12)(H,13,14)/t6?,7-/m1/s1. The van der Waals surface area contributed by atoms with Crippen molar-refractivity contribution in [3.05, 3.63) is 0 Å². The number of carboxylic acid groups (broad SMARTS) is 1. The molecular weight excluding hydrogens is 184 g/mol. The average Bonchev–Trinajstić information content (AvgIpc) is 2.11. The molecule has 4 N–H and O–H groups in total. The minimum atomic E-state index is -1.03. The van der Waals surface area contributed by atoms with Gasteiger partial charge in [0.05, 0.1) is 6.04 Å². The third kappa shape index (κ3) is 3.74. The molecule has 0 aliphatic rings. The molecule has 14 heavy (non-hydrogen) atoms. The minimum Gasteiger partial charge on any atom is -0.480 e. The summed E-state index contributed by atoms with van der Waals surface area (Å²) in [6, 6.07) is -1.49. The molecule has 0 fully saturated rings. The number of rotatable bonds is 5. The quantitative estimate of drug-likeness (QED) is 0.582. The highest BCUT2D eigenvalue weighted by atomic mass is 16.4. The van der Waals surface area contributed by atoms with Gasteiger partial charge in [0.2, 0.25) is 5.91 Å². The van der Waals surface area contributed by atoms with Crippen LogP contribution in [0.5, 0.6) is 0 Å². The second kappa shape index (κ2) is 5.59. The number of carboxylic acids is 1. The molecule has 0 aromatic rings. The Balaban J connectivity index is 4.22. The first-order valence-corrected chi connectivity index (χ1v) is 4.68. The highest BCUT2D eigenvalue weighted by molar-refractivity contribution is 5.86. The number of carbonyl (C=O) groups is 2. The van der Waals surface area contributed by atoms with Crippen LogP contribution in [-0.4, -0.2) is 29.1 Å². The lowest BCUT2D eigenvalue weighted by molar-refractivity contribution is -0.142. The van der Waals surface area contributed by atoms with Crippen LogP contribution in [0.2, 0.25) is 0 Å². The number of amides is 1. The van der Waals surface area contributed by atoms with Crippen molar-refractivity contribution in [2.24, 2.45) is 11.7 Å². The van der Waals surface area contributed by atoms with Gasteiger partial charge in [-0.05, 0) is 12.3 Å². The fourth-order valence-corrected chi connectivity index (χ4v) is 0.909. The minimum absolute atomic E-state index is 0.00120. The molecule has 0 rings (SSSR count). The SMILES string of the molecule is CCC(NC(=O)[C@H](N)C(C)C)C(=O)O. The molecule has 5 nitrogen and oxygen atoms in total. The zero-order valence-electron chi connectivity index (χ0n) is 8.78. The fourth-order valence-electron chi connectivity index (χ4n) is 0.909. The summed E-state index contributed by atoms with van der Waals surface area (Å²) in [5.41, 5.74) is 5.56. The van der Waals surface area contributed by atoms with Gasteiger partial charge in [0, 0.05) is 0 Å². The zero-order valence-corrected chi connectivity index (χ0v) is 8.78. The Bertz CT molecular complexity index is 216. The number of aliphatic carboxylic acids is 1. The average molecular weight is 202 g/mol. The maximum absolute atomic E-state index is 11.4. The summed E-state index contributed by atoms with van der Waals surface area (Å²) in [7, 11) is 0. The van der Waals surface area contributed by atoms with Gasteiger partial charge >= 0.3 is 5.97 Å². The fraction of sp³-hybridized carbons (Fsp3) is 0.778. The van der Waals surface area contributed by atoms with E-state index < -0.39 is 24.0 Å². The van der Waals surface area contributed by atoms with E-state index in [1.54, 1.807) is 6.92 Å². The van der Waals surface area contributed by atoms with E-state index in [-0.39, 0.29) is 5.92 Å². The maximum Gasteiger partial charge on any atom is 0.326 e. The van der Waals surface area contributed by atoms with Crippen LogP contribution in [-0.2, 0) is 9.59 Å². The van der Waals surface area contributed by atoms with Crippen molar-refractivity contribution in [3.63, 3.8) is 0 Å². The van der Waals surface area contributed by atoms with Gasteiger partial charge in [-0.25, -0.2) is 4.79 Å². The molecule has 0 aliphatic heterocycles. The van der Waals surface area contributed by atoms with Crippen molar-refractivity contribution < 1.29 is 14.7 Å². The predicted molar refractivity (Wildman–Crippen MR) is 52.7 cm³/mol. The summed E-state index contributed by atoms with van der Waals surface area (Å²) in [6.45, 7) is 5.32. The Hall–Kier alpha value is -1.10. The lowest BCUT2D eigenvalue weighted by Gasteiger charge is -2.18. The van der Waals surface area contributed by atoms with Crippen molar-refractivity contribution >= 4 is 11.9 Å². The molecule has 0 aromatic heterocycles. The summed E-state index contributed by atoms with van der Waals surface area (Å²) in [4.78, 5) is 22.0. The van der Waals surface area contributed by atoms with Gasteiger partial charge in [-0.15, -0.1) is 0 Å². The van der Waals surface area contributed by atoms with Crippen LogP contribution >= 0.6 is 0 Å². The van der Waals surface area contributed by atoms with E-state index >= 15 is 0 Å². The van der Waals surface area contributed by atoms with E-state index in [2.05, 4.69) is 5.32 Å². The first kappa shape index (κ1) is 12.9. The third-order valence-electron chi connectivity index (χ3n) is 2.04. The molecule has 0 aliphatic carbocycles. The van der Waals surface area contributed by atoms with Crippen LogP contribution in [0.25, 0.3) is 0 Å². The Morgan fingerprint density at radius 1 is 1.43 bits per heavy atom. The van der Waals surface area contributed by atoms with E-state index in [0.29, 0.717) is 6.42 Å². The van der Waals surface area contributed by atoms with E-state index in [4.69, 9.17) is 10.8 Å². The third-order valence-corrected chi connectivity index (χ3v) is 2.04. The molecule has 2 atom stereocenters. The van der Waals surface area contributed by atoms with Gasteiger partial charge in [0.25, 0.3) is 0 Å². The molecule has 0 aromatic carbocycles. The normalized spacial score (nSPS) is 14.9. The molecule has 0 spiro atoms. The molecule has 0 saturated heterocycles. The van der Waals surface area contributed by atoms with E-state index in [1.807, 2.05) is 13.8 Å². The van der Waals surface area contributed by atoms with Crippen LogP contribution in [0.4, 0.5) is 0 Å². The molecule has 0 heterocycles. The Morgan fingerprint density at radius 3 is 2.21 bits per heavy atom. The first-order chi connectivity index (χ1) is 6.40. The largest absolute Gasteiger partial charge is 0.480 e. The van der Waals surface area contributed by atoms with Gasteiger partial charge in [-0.2, -0.15) is 0 Å². The van der Waals surface area contributed by atoms with Crippen molar-refractivity contribution in [2.45, 2.75) is 39.3 Å². The van der Waals surface area contributed by atoms with Crippen LogP contribution in [0, 0.1) is 5.92 Å². The molecule has 0 radical (unpaired) electrons. The second-order valence-electron chi connectivity index (χ2n) is 3.58. The van der Waals surface area contributed by atoms with Crippen LogP contribution in [0.15, 0.2) is 0 Å². The highest BCUT2D eigenvalue weighted by Gasteiger charge is 2.23. The Kier molecular flexibility index (Phi) is 5.15. The van der Waals surface area contributed by atoms with E-state index in [1.165, 1.54) is 0 Å². The molecule has 1 unspecified atom stereocenters.